The zero-order chi connectivity index (χ0) is 13.0. The van der Waals surface area contributed by atoms with Gasteiger partial charge in [-0.05, 0) is 54.9 Å². The Kier molecular flexibility index (Phi) is 2.47. The normalized spacial score (nSPS) is 39.6. The number of hydrogen-bond acceptors (Lipinski definition) is 2. The van der Waals surface area contributed by atoms with Crippen LogP contribution in [-0.2, 0) is 11.8 Å². The molecule has 19 heavy (non-hydrogen) atoms. The third kappa shape index (κ3) is 1.59. The second-order valence-corrected chi connectivity index (χ2v) is 6.87. The summed E-state index contributed by atoms with van der Waals surface area (Å²) >= 11 is 0. The summed E-state index contributed by atoms with van der Waals surface area (Å²) in [6, 6.07) is 8.18. The largest absolute Gasteiger partial charge is 0.497 e. The van der Waals surface area contributed by atoms with Gasteiger partial charge in [0.15, 0.2) is 0 Å². The van der Waals surface area contributed by atoms with E-state index in [1.807, 2.05) is 0 Å². The molecule has 1 aromatic rings. The number of fused-ring (bicyclic) bond motifs is 3. The molecule has 4 atom stereocenters. The molecule has 0 aromatic heterocycles. The van der Waals surface area contributed by atoms with Crippen LogP contribution < -0.4 is 10.1 Å². The van der Waals surface area contributed by atoms with E-state index in [-0.39, 0.29) is 0 Å². The molecule has 0 amide bonds. The van der Waals surface area contributed by atoms with Crippen LogP contribution in [0.4, 0.5) is 0 Å². The Hall–Kier alpha value is -1.02. The molecule has 2 heterocycles. The van der Waals surface area contributed by atoms with Gasteiger partial charge in [0.2, 0.25) is 0 Å². The van der Waals surface area contributed by atoms with Gasteiger partial charge in [-0.3, -0.25) is 0 Å². The van der Waals surface area contributed by atoms with E-state index in [9.17, 15) is 0 Å². The van der Waals surface area contributed by atoms with Crippen molar-refractivity contribution in [3.05, 3.63) is 29.3 Å². The minimum Gasteiger partial charge on any atom is -0.497 e. The van der Waals surface area contributed by atoms with Gasteiger partial charge in [-0.25, -0.2) is 0 Å². The van der Waals surface area contributed by atoms with Gasteiger partial charge in [0.1, 0.15) is 5.75 Å². The van der Waals surface area contributed by atoms with Crippen LogP contribution in [0.2, 0.25) is 0 Å². The second kappa shape index (κ2) is 3.99. The number of rotatable bonds is 1. The Morgan fingerprint density at radius 2 is 2.26 bits per heavy atom. The van der Waals surface area contributed by atoms with Gasteiger partial charge in [0.25, 0.3) is 0 Å². The van der Waals surface area contributed by atoms with E-state index in [4.69, 9.17) is 4.74 Å². The number of hydrogen-bond donors (Lipinski definition) is 1. The van der Waals surface area contributed by atoms with Gasteiger partial charge in [-0.15, -0.1) is 0 Å². The summed E-state index contributed by atoms with van der Waals surface area (Å²) in [6.07, 6.45) is 6.67. The summed E-state index contributed by atoms with van der Waals surface area (Å²) < 4.78 is 5.45. The van der Waals surface area contributed by atoms with Crippen molar-refractivity contribution in [2.45, 2.75) is 56.5 Å². The van der Waals surface area contributed by atoms with Crippen molar-refractivity contribution >= 4 is 0 Å². The molecule has 4 rings (SSSR count). The minimum absolute atomic E-state index is 0.304. The summed E-state index contributed by atoms with van der Waals surface area (Å²) in [6.45, 7) is 2.48. The predicted molar refractivity (Wildman–Crippen MR) is 76.7 cm³/mol. The fourth-order valence-corrected chi connectivity index (χ4v) is 4.91. The van der Waals surface area contributed by atoms with Crippen LogP contribution in [0.5, 0.6) is 5.75 Å². The molecule has 3 aliphatic rings. The van der Waals surface area contributed by atoms with Gasteiger partial charge >= 0.3 is 0 Å². The van der Waals surface area contributed by atoms with Crippen molar-refractivity contribution in [1.29, 1.82) is 0 Å². The van der Waals surface area contributed by atoms with E-state index in [1.54, 1.807) is 18.2 Å². The van der Waals surface area contributed by atoms with E-state index in [1.165, 1.54) is 32.1 Å². The van der Waals surface area contributed by atoms with E-state index in [2.05, 4.69) is 30.4 Å². The van der Waals surface area contributed by atoms with E-state index < -0.39 is 0 Å². The summed E-state index contributed by atoms with van der Waals surface area (Å²) in [5, 5.41) is 3.93. The lowest BCUT2D eigenvalue weighted by Gasteiger charge is -2.44. The maximum Gasteiger partial charge on any atom is 0.119 e. The average molecular weight is 257 g/mol. The molecule has 1 N–H and O–H groups in total. The quantitative estimate of drug-likeness (QED) is 0.835. The Labute approximate surface area is 115 Å². The van der Waals surface area contributed by atoms with Gasteiger partial charge in [-0.2, -0.15) is 0 Å². The molecule has 1 unspecified atom stereocenters. The first-order chi connectivity index (χ1) is 9.20. The number of benzene rings is 1. The monoisotopic (exact) mass is 257 g/mol. The Balaban J connectivity index is 1.86. The first kappa shape index (κ1) is 11.8. The fraction of sp³-hybridized carbons (Fsp3) is 0.647. The molecule has 2 bridgehead atoms. The predicted octanol–water partition coefficient (Wildman–Crippen LogP) is 3.04. The van der Waals surface area contributed by atoms with Crippen LogP contribution in [0.25, 0.3) is 0 Å². The molecule has 2 heteroatoms. The lowest BCUT2D eigenvalue weighted by Crippen LogP contribution is -2.50. The second-order valence-electron chi connectivity index (χ2n) is 6.87. The highest BCUT2D eigenvalue weighted by Crippen LogP contribution is 2.50. The lowest BCUT2D eigenvalue weighted by molar-refractivity contribution is 0.243. The zero-order valence-corrected chi connectivity index (χ0v) is 11.9. The maximum atomic E-state index is 5.45. The van der Waals surface area contributed by atoms with Crippen molar-refractivity contribution in [3.63, 3.8) is 0 Å². The van der Waals surface area contributed by atoms with Crippen LogP contribution >= 0.6 is 0 Å². The third-order valence-corrected chi connectivity index (χ3v) is 5.82. The summed E-state index contributed by atoms with van der Waals surface area (Å²) in [4.78, 5) is 0. The van der Waals surface area contributed by atoms with Crippen LogP contribution in [0.15, 0.2) is 18.2 Å². The van der Waals surface area contributed by atoms with Gasteiger partial charge in [0, 0.05) is 17.5 Å². The molecule has 0 radical (unpaired) electrons. The molecule has 102 valence electrons. The summed E-state index contributed by atoms with van der Waals surface area (Å²) in [7, 11) is 1.77. The standard InChI is InChI=1S/C17H23NO/c1-17-7-3-4-13-9-12(16(17)18-13)8-11-5-6-14(19-2)10-15(11)17/h5-6,10,12-13,16,18H,3-4,7-9H2,1-2H3/t12-,13?,16+,17-/m1/s1. The molecule has 2 fully saturated rings. The van der Waals surface area contributed by atoms with Crippen LogP contribution in [-0.4, -0.2) is 19.2 Å². The number of nitrogens with one attached hydrogen (secondary N) is 1. The topological polar surface area (TPSA) is 21.3 Å². The minimum atomic E-state index is 0.304. The Bertz CT molecular complexity index is 512. The van der Waals surface area contributed by atoms with Crippen molar-refractivity contribution in [2.24, 2.45) is 5.92 Å². The molecule has 1 aromatic carbocycles. The molecule has 1 aliphatic carbocycles. The van der Waals surface area contributed by atoms with E-state index >= 15 is 0 Å². The number of ether oxygens (including phenoxy) is 1. The summed E-state index contributed by atoms with van der Waals surface area (Å²) in [5.74, 6) is 1.86. The average Bonchev–Trinajstić information content (AvgIpc) is 2.74. The molecule has 0 spiro atoms. The van der Waals surface area contributed by atoms with Crippen molar-refractivity contribution < 1.29 is 4.74 Å². The highest BCUT2D eigenvalue weighted by atomic mass is 16.5. The first-order valence-electron chi connectivity index (χ1n) is 7.64. The SMILES string of the molecule is COc1ccc2c(c1)[C@@]1(C)CCCC3C[C@@H](C2)[C@@H]1N3. The van der Waals surface area contributed by atoms with Crippen molar-refractivity contribution in [2.75, 3.05) is 7.11 Å². The van der Waals surface area contributed by atoms with E-state index in [0.717, 1.165) is 17.7 Å². The highest BCUT2D eigenvalue weighted by Gasteiger charge is 2.51. The molecule has 0 saturated carbocycles. The van der Waals surface area contributed by atoms with Crippen LogP contribution in [0.3, 0.4) is 0 Å². The van der Waals surface area contributed by atoms with Gasteiger partial charge in [0.05, 0.1) is 7.11 Å². The van der Waals surface area contributed by atoms with Gasteiger partial charge < -0.3 is 10.1 Å². The molecule has 2 aliphatic heterocycles. The van der Waals surface area contributed by atoms with E-state index in [0.29, 0.717) is 11.5 Å². The van der Waals surface area contributed by atoms with Crippen LogP contribution in [0, 0.1) is 5.92 Å². The molecule has 2 saturated heterocycles. The van der Waals surface area contributed by atoms with Crippen molar-refractivity contribution in [3.8, 4) is 5.75 Å². The number of methoxy groups -OCH3 is 1. The Morgan fingerprint density at radius 1 is 1.37 bits per heavy atom. The molecular formula is C17H23NO. The maximum absolute atomic E-state index is 5.45. The van der Waals surface area contributed by atoms with Gasteiger partial charge in [-0.1, -0.05) is 19.4 Å². The summed E-state index contributed by atoms with van der Waals surface area (Å²) in [5.41, 5.74) is 3.41. The highest BCUT2D eigenvalue weighted by molar-refractivity contribution is 5.45. The smallest absolute Gasteiger partial charge is 0.119 e. The molecule has 2 nitrogen and oxygen atoms in total. The first-order valence-corrected chi connectivity index (χ1v) is 7.64. The fourth-order valence-electron chi connectivity index (χ4n) is 4.91. The Morgan fingerprint density at radius 3 is 3.11 bits per heavy atom. The lowest BCUT2D eigenvalue weighted by atomic mass is 9.61. The van der Waals surface area contributed by atoms with Crippen molar-refractivity contribution in [1.82, 2.24) is 5.32 Å². The van der Waals surface area contributed by atoms with Crippen LogP contribution in [0.1, 0.15) is 43.7 Å². The third-order valence-electron chi connectivity index (χ3n) is 5.82. The zero-order valence-electron chi connectivity index (χ0n) is 11.9. The molecular weight excluding hydrogens is 234 g/mol.